The van der Waals surface area contributed by atoms with Crippen LogP contribution in [0.15, 0.2) is 24.3 Å². The van der Waals surface area contributed by atoms with Crippen LogP contribution in [-0.2, 0) is 13.5 Å². The first-order valence-corrected chi connectivity index (χ1v) is 6.52. The van der Waals surface area contributed by atoms with E-state index in [-0.39, 0.29) is 17.5 Å². The molecule has 2 amide bonds. The van der Waals surface area contributed by atoms with E-state index < -0.39 is 0 Å². The van der Waals surface area contributed by atoms with Crippen molar-refractivity contribution in [2.75, 3.05) is 11.9 Å². The molecule has 112 valence electrons. The van der Waals surface area contributed by atoms with Crippen LogP contribution < -0.4 is 10.6 Å². The summed E-state index contributed by atoms with van der Waals surface area (Å²) >= 11 is 0. The maximum absolute atomic E-state index is 11.7. The number of amides is 2. The van der Waals surface area contributed by atoms with Crippen molar-refractivity contribution in [2.24, 2.45) is 7.05 Å². The summed E-state index contributed by atoms with van der Waals surface area (Å²) in [5.41, 5.74) is 1.65. The van der Waals surface area contributed by atoms with E-state index in [0.717, 1.165) is 11.3 Å². The van der Waals surface area contributed by atoms with Gasteiger partial charge in [0.1, 0.15) is 5.82 Å². The van der Waals surface area contributed by atoms with Crippen molar-refractivity contribution in [3.05, 3.63) is 35.5 Å². The Morgan fingerprint density at radius 3 is 2.67 bits per heavy atom. The second-order valence-electron chi connectivity index (χ2n) is 4.75. The molecule has 0 saturated carbocycles. The summed E-state index contributed by atoms with van der Waals surface area (Å²) in [5.74, 6) is 0.297. The zero-order chi connectivity index (χ0) is 15.4. The highest BCUT2D eigenvalue weighted by Gasteiger charge is 2.06. The highest BCUT2D eigenvalue weighted by Crippen LogP contribution is 2.24. The number of nitrogens with one attached hydrogen (secondary N) is 2. The van der Waals surface area contributed by atoms with Crippen LogP contribution in [0.3, 0.4) is 0 Å². The fourth-order valence-electron chi connectivity index (χ4n) is 1.93. The molecule has 2 aromatic rings. The number of aromatic hydroxyl groups is 2. The smallest absolute Gasteiger partial charge is 0.320 e. The normalized spacial score (nSPS) is 10.4. The number of hydrogen-bond donors (Lipinski definition) is 4. The summed E-state index contributed by atoms with van der Waals surface area (Å²) in [6.45, 7) is 2.26. The molecule has 1 aromatic carbocycles. The predicted molar refractivity (Wildman–Crippen MR) is 78.4 cm³/mol. The molecular weight excluding hydrogens is 272 g/mol. The lowest BCUT2D eigenvalue weighted by molar-refractivity contribution is 0.252. The summed E-state index contributed by atoms with van der Waals surface area (Å²) in [6.07, 6.45) is 0.547. The summed E-state index contributed by atoms with van der Waals surface area (Å²) in [4.78, 5) is 11.7. The molecule has 0 saturated heterocycles. The zero-order valence-corrected chi connectivity index (χ0v) is 11.9. The second kappa shape index (κ2) is 6.17. The van der Waals surface area contributed by atoms with Crippen LogP contribution >= 0.6 is 0 Å². The van der Waals surface area contributed by atoms with Crippen molar-refractivity contribution in [2.45, 2.75) is 13.3 Å². The van der Waals surface area contributed by atoms with Gasteiger partial charge < -0.3 is 15.5 Å². The molecule has 4 N–H and O–H groups in total. The van der Waals surface area contributed by atoms with Crippen molar-refractivity contribution < 1.29 is 15.0 Å². The number of phenols is 2. The number of urea groups is 1. The third-order valence-electron chi connectivity index (χ3n) is 2.98. The molecule has 7 heteroatoms. The van der Waals surface area contributed by atoms with Crippen LogP contribution in [0.5, 0.6) is 11.5 Å². The number of carbonyl (C=O) groups is 1. The molecule has 0 spiro atoms. The maximum Gasteiger partial charge on any atom is 0.320 e. The lowest BCUT2D eigenvalue weighted by atomic mass is 10.1. The first-order chi connectivity index (χ1) is 9.95. The Bertz CT molecular complexity index is 652. The van der Waals surface area contributed by atoms with E-state index >= 15 is 0 Å². The van der Waals surface area contributed by atoms with Crippen molar-refractivity contribution in [1.29, 1.82) is 0 Å². The number of carbonyl (C=O) groups excluding carboxylic acids is 1. The molecule has 0 atom stereocenters. The third-order valence-corrected chi connectivity index (χ3v) is 2.98. The van der Waals surface area contributed by atoms with Crippen LogP contribution in [0.4, 0.5) is 10.6 Å². The molecule has 0 aliphatic rings. The number of benzene rings is 1. The van der Waals surface area contributed by atoms with E-state index in [1.165, 1.54) is 12.1 Å². The molecule has 1 aromatic heterocycles. The molecule has 7 nitrogen and oxygen atoms in total. The Hall–Kier alpha value is -2.70. The Morgan fingerprint density at radius 2 is 2.05 bits per heavy atom. The number of rotatable bonds is 4. The number of aryl methyl sites for hydroxylation is 2. The number of aromatic nitrogens is 2. The van der Waals surface area contributed by atoms with Gasteiger partial charge in [-0.2, -0.15) is 5.10 Å². The molecule has 0 bridgehead atoms. The minimum atomic E-state index is -0.319. The predicted octanol–water partition coefficient (Wildman–Crippen LogP) is 1.50. The molecule has 0 unspecified atom stereocenters. The Labute approximate surface area is 122 Å². The average molecular weight is 290 g/mol. The summed E-state index contributed by atoms with van der Waals surface area (Å²) in [6, 6.07) is 6.04. The summed E-state index contributed by atoms with van der Waals surface area (Å²) in [7, 11) is 1.75. The SMILES string of the molecule is Cc1cc(NC(=O)NCCc2ccc(O)c(O)c2)n(C)n1. The van der Waals surface area contributed by atoms with Gasteiger partial charge in [0.25, 0.3) is 0 Å². The number of hydrogen-bond acceptors (Lipinski definition) is 4. The number of anilines is 1. The molecule has 21 heavy (non-hydrogen) atoms. The molecule has 0 aliphatic heterocycles. The standard InChI is InChI=1S/C14H18N4O3/c1-9-7-13(18(2)17-9)16-14(21)15-6-5-10-3-4-11(19)12(20)8-10/h3-4,7-8,19-20H,5-6H2,1-2H3,(H2,15,16,21). The van der Waals surface area contributed by atoms with E-state index in [0.29, 0.717) is 18.8 Å². The molecule has 1 heterocycles. The van der Waals surface area contributed by atoms with Crippen LogP contribution in [0.1, 0.15) is 11.3 Å². The van der Waals surface area contributed by atoms with Crippen molar-refractivity contribution in [3.8, 4) is 11.5 Å². The van der Waals surface area contributed by atoms with E-state index in [1.54, 1.807) is 23.9 Å². The van der Waals surface area contributed by atoms with Gasteiger partial charge in [0.05, 0.1) is 5.69 Å². The van der Waals surface area contributed by atoms with E-state index in [2.05, 4.69) is 15.7 Å². The van der Waals surface area contributed by atoms with Crippen LogP contribution in [0.2, 0.25) is 0 Å². The van der Waals surface area contributed by atoms with Crippen molar-refractivity contribution >= 4 is 11.8 Å². The Kier molecular flexibility index (Phi) is 4.32. The first-order valence-electron chi connectivity index (χ1n) is 6.52. The molecular formula is C14H18N4O3. The number of phenolic OH excluding ortho intramolecular Hbond substituents is 2. The van der Waals surface area contributed by atoms with Gasteiger partial charge in [-0.3, -0.25) is 10.00 Å². The monoisotopic (exact) mass is 290 g/mol. The van der Waals surface area contributed by atoms with Gasteiger partial charge in [-0.1, -0.05) is 6.07 Å². The zero-order valence-electron chi connectivity index (χ0n) is 11.9. The van der Waals surface area contributed by atoms with Crippen LogP contribution in [0, 0.1) is 6.92 Å². The third kappa shape index (κ3) is 3.88. The van der Waals surface area contributed by atoms with Crippen LogP contribution in [0.25, 0.3) is 0 Å². The molecule has 0 fully saturated rings. The summed E-state index contributed by atoms with van der Waals surface area (Å²) < 4.78 is 1.59. The quantitative estimate of drug-likeness (QED) is 0.641. The topological polar surface area (TPSA) is 99.4 Å². The highest BCUT2D eigenvalue weighted by molar-refractivity contribution is 5.88. The minimum absolute atomic E-state index is 0.156. The lowest BCUT2D eigenvalue weighted by Gasteiger charge is -2.08. The van der Waals surface area contributed by atoms with Gasteiger partial charge in [0.2, 0.25) is 0 Å². The van der Waals surface area contributed by atoms with Crippen molar-refractivity contribution in [3.63, 3.8) is 0 Å². The second-order valence-corrected chi connectivity index (χ2v) is 4.75. The van der Waals surface area contributed by atoms with Gasteiger partial charge in [-0.05, 0) is 31.0 Å². The molecule has 2 rings (SSSR count). The van der Waals surface area contributed by atoms with Crippen molar-refractivity contribution in [1.82, 2.24) is 15.1 Å². The Morgan fingerprint density at radius 1 is 1.29 bits per heavy atom. The highest BCUT2D eigenvalue weighted by atomic mass is 16.3. The van der Waals surface area contributed by atoms with Gasteiger partial charge >= 0.3 is 6.03 Å². The van der Waals surface area contributed by atoms with E-state index in [9.17, 15) is 15.0 Å². The molecule has 0 aliphatic carbocycles. The minimum Gasteiger partial charge on any atom is -0.504 e. The lowest BCUT2D eigenvalue weighted by Crippen LogP contribution is -2.31. The largest absolute Gasteiger partial charge is 0.504 e. The fraction of sp³-hybridized carbons (Fsp3) is 0.286. The Balaban J connectivity index is 1.81. The van der Waals surface area contributed by atoms with Gasteiger partial charge in [-0.15, -0.1) is 0 Å². The van der Waals surface area contributed by atoms with Gasteiger partial charge in [0, 0.05) is 19.7 Å². The van der Waals surface area contributed by atoms with Gasteiger partial charge in [0.15, 0.2) is 11.5 Å². The maximum atomic E-state index is 11.7. The first kappa shape index (κ1) is 14.7. The van der Waals surface area contributed by atoms with Crippen LogP contribution in [-0.4, -0.2) is 32.6 Å². The average Bonchev–Trinajstić information content (AvgIpc) is 2.72. The van der Waals surface area contributed by atoms with E-state index in [1.807, 2.05) is 6.92 Å². The van der Waals surface area contributed by atoms with E-state index in [4.69, 9.17) is 0 Å². The summed E-state index contributed by atoms with van der Waals surface area (Å²) in [5, 5.41) is 28.1. The molecule has 0 radical (unpaired) electrons. The number of nitrogens with zero attached hydrogens (tertiary/aromatic N) is 2. The van der Waals surface area contributed by atoms with Gasteiger partial charge in [-0.25, -0.2) is 4.79 Å². The fourth-order valence-corrected chi connectivity index (χ4v) is 1.93.